The van der Waals surface area contributed by atoms with Crippen LogP contribution in [0.5, 0.6) is 17.2 Å². The third-order valence-corrected chi connectivity index (χ3v) is 3.06. The summed E-state index contributed by atoms with van der Waals surface area (Å²) in [5.41, 5.74) is 2.45. The minimum absolute atomic E-state index is 0.548. The molecule has 0 aliphatic rings. The maximum atomic E-state index is 10.7. The SMILES string of the molecule is COc1ccc(-c2ccc(C=O)cc2)c(OC)c1OC. The molecular formula is C16H16O4. The fourth-order valence-electron chi connectivity index (χ4n) is 2.07. The first-order valence-corrected chi connectivity index (χ1v) is 6.09. The Morgan fingerprint density at radius 1 is 0.800 bits per heavy atom. The topological polar surface area (TPSA) is 44.8 Å². The molecule has 4 nitrogen and oxygen atoms in total. The average molecular weight is 272 g/mol. The van der Waals surface area contributed by atoms with Gasteiger partial charge in [-0.1, -0.05) is 24.3 Å². The second kappa shape index (κ2) is 6.10. The number of methoxy groups -OCH3 is 3. The molecule has 4 heteroatoms. The van der Waals surface area contributed by atoms with Crippen LogP contribution in [-0.2, 0) is 0 Å². The molecule has 0 fully saturated rings. The van der Waals surface area contributed by atoms with E-state index in [-0.39, 0.29) is 0 Å². The summed E-state index contributed by atoms with van der Waals surface area (Å²) in [5, 5.41) is 0. The van der Waals surface area contributed by atoms with E-state index < -0.39 is 0 Å². The Bertz CT molecular complexity index is 603. The summed E-state index contributed by atoms with van der Waals surface area (Å²) in [6.45, 7) is 0. The molecule has 0 spiro atoms. The van der Waals surface area contributed by atoms with Crippen molar-refractivity contribution in [2.75, 3.05) is 21.3 Å². The molecule has 104 valence electrons. The van der Waals surface area contributed by atoms with Crippen LogP contribution in [0.3, 0.4) is 0 Å². The summed E-state index contributed by atoms with van der Waals surface area (Å²) >= 11 is 0. The summed E-state index contributed by atoms with van der Waals surface area (Å²) in [6, 6.07) is 11.0. The normalized spacial score (nSPS) is 9.95. The lowest BCUT2D eigenvalue weighted by molar-refractivity contribution is 0.112. The van der Waals surface area contributed by atoms with Crippen molar-refractivity contribution in [1.82, 2.24) is 0 Å². The Labute approximate surface area is 117 Å². The molecule has 0 N–H and O–H groups in total. The first kappa shape index (κ1) is 13.9. The van der Waals surface area contributed by atoms with Gasteiger partial charge in [0, 0.05) is 11.1 Å². The van der Waals surface area contributed by atoms with Crippen LogP contribution in [0.25, 0.3) is 11.1 Å². The molecule has 0 saturated carbocycles. The third-order valence-electron chi connectivity index (χ3n) is 3.06. The Kier molecular flexibility index (Phi) is 4.25. The molecule has 2 rings (SSSR count). The molecule has 0 bridgehead atoms. The zero-order chi connectivity index (χ0) is 14.5. The molecule has 2 aromatic carbocycles. The van der Waals surface area contributed by atoms with Crippen molar-refractivity contribution in [2.24, 2.45) is 0 Å². The second-order valence-electron chi connectivity index (χ2n) is 4.12. The van der Waals surface area contributed by atoms with Crippen molar-refractivity contribution in [1.29, 1.82) is 0 Å². The average Bonchev–Trinajstić information content (AvgIpc) is 2.53. The summed E-state index contributed by atoms with van der Waals surface area (Å²) in [5.74, 6) is 1.76. The molecule has 0 radical (unpaired) electrons. The summed E-state index contributed by atoms with van der Waals surface area (Å²) in [7, 11) is 4.73. The number of benzene rings is 2. The van der Waals surface area contributed by atoms with Gasteiger partial charge in [0.25, 0.3) is 0 Å². The minimum atomic E-state index is 0.548. The molecule has 0 atom stereocenters. The zero-order valence-corrected chi connectivity index (χ0v) is 11.7. The van der Waals surface area contributed by atoms with Gasteiger partial charge in [-0.3, -0.25) is 4.79 Å². The van der Waals surface area contributed by atoms with Crippen LogP contribution >= 0.6 is 0 Å². The zero-order valence-electron chi connectivity index (χ0n) is 11.7. The molecule has 0 saturated heterocycles. The number of rotatable bonds is 5. The van der Waals surface area contributed by atoms with Crippen molar-refractivity contribution < 1.29 is 19.0 Å². The van der Waals surface area contributed by atoms with Gasteiger partial charge < -0.3 is 14.2 Å². The molecule has 0 amide bonds. The third kappa shape index (κ3) is 2.45. The first-order valence-electron chi connectivity index (χ1n) is 6.09. The van der Waals surface area contributed by atoms with E-state index in [1.165, 1.54) is 0 Å². The summed E-state index contributed by atoms with van der Waals surface area (Å²) in [4.78, 5) is 10.7. The highest BCUT2D eigenvalue weighted by Crippen LogP contribution is 2.44. The number of carbonyl (C=O) groups is 1. The second-order valence-corrected chi connectivity index (χ2v) is 4.12. The van der Waals surface area contributed by atoms with Gasteiger partial charge in [0.15, 0.2) is 11.5 Å². The predicted octanol–water partition coefficient (Wildman–Crippen LogP) is 3.19. The molecule has 0 unspecified atom stereocenters. The van der Waals surface area contributed by atoms with Gasteiger partial charge in [-0.05, 0) is 17.7 Å². The Balaban J connectivity index is 2.57. The standard InChI is InChI=1S/C16H16O4/c1-18-14-9-8-13(15(19-2)16(14)20-3)12-6-4-11(10-17)5-7-12/h4-10H,1-3H3. The maximum absolute atomic E-state index is 10.7. The van der Waals surface area contributed by atoms with Gasteiger partial charge in [-0.15, -0.1) is 0 Å². The van der Waals surface area contributed by atoms with Crippen molar-refractivity contribution in [2.45, 2.75) is 0 Å². The quantitative estimate of drug-likeness (QED) is 0.784. The van der Waals surface area contributed by atoms with Gasteiger partial charge in [0.1, 0.15) is 6.29 Å². The molecule has 0 heterocycles. The molecule has 0 aromatic heterocycles. The first-order chi connectivity index (χ1) is 9.74. The lowest BCUT2D eigenvalue weighted by atomic mass is 10.0. The van der Waals surface area contributed by atoms with Crippen LogP contribution < -0.4 is 14.2 Å². The Hall–Kier alpha value is -2.49. The highest BCUT2D eigenvalue weighted by molar-refractivity contribution is 5.80. The Morgan fingerprint density at radius 2 is 1.45 bits per heavy atom. The van der Waals surface area contributed by atoms with Gasteiger partial charge in [-0.25, -0.2) is 0 Å². The largest absolute Gasteiger partial charge is 0.493 e. The van der Waals surface area contributed by atoms with Crippen molar-refractivity contribution in [3.05, 3.63) is 42.0 Å². The van der Waals surface area contributed by atoms with E-state index in [4.69, 9.17) is 14.2 Å². The molecular weight excluding hydrogens is 256 g/mol. The maximum Gasteiger partial charge on any atom is 0.203 e. The van der Waals surface area contributed by atoms with Crippen molar-refractivity contribution >= 4 is 6.29 Å². The lowest BCUT2D eigenvalue weighted by Gasteiger charge is -2.15. The van der Waals surface area contributed by atoms with Crippen LogP contribution in [0, 0.1) is 0 Å². The number of carbonyl (C=O) groups excluding carboxylic acids is 1. The Morgan fingerprint density at radius 3 is 1.95 bits per heavy atom. The van der Waals surface area contributed by atoms with E-state index in [2.05, 4.69) is 0 Å². The van der Waals surface area contributed by atoms with Gasteiger partial charge in [0.05, 0.1) is 21.3 Å². The van der Waals surface area contributed by atoms with E-state index >= 15 is 0 Å². The number of hydrogen-bond acceptors (Lipinski definition) is 4. The number of hydrogen-bond donors (Lipinski definition) is 0. The van der Waals surface area contributed by atoms with Crippen LogP contribution in [0.4, 0.5) is 0 Å². The van der Waals surface area contributed by atoms with Gasteiger partial charge in [-0.2, -0.15) is 0 Å². The molecule has 0 aliphatic heterocycles. The van der Waals surface area contributed by atoms with Crippen LogP contribution in [-0.4, -0.2) is 27.6 Å². The van der Waals surface area contributed by atoms with E-state index in [0.29, 0.717) is 22.8 Å². The van der Waals surface area contributed by atoms with Crippen molar-refractivity contribution in [3.8, 4) is 28.4 Å². The number of aldehydes is 1. The summed E-state index contributed by atoms with van der Waals surface area (Å²) in [6.07, 6.45) is 0.815. The van der Waals surface area contributed by atoms with Gasteiger partial charge >= 0.3 is 0 Å². The minimum Gasteiger partial charge on any atom is -0.493 e. The molecule has 2 aromatic rings. The smallest absolute Gasteiger partial charge is 0.203 e. The monoisotopic (exact) mass is 272 g/mol. The highest BCUT2D eigenvalue weighted by atomic mass is 16.5. The lowest BCUT2D eigenvalue weighted by Crippen LogP contribution is -1.96. The number of ether oxygens (including phenoxy) is 3. The van der Waals surface area contributed by atoms with E-state index in [0.717, 1.165) is 17.4 Å². The molecule has 20 heavy (non-hydrogen) atoms. The van der Waals surface area contributed by atoms with Gasteiger partial charge in [0.2, 0.25) is 5.75 Å². The molecule has 0 aliphatic carbocycles. The van der Waals surface area contributed by atoms with Crippen molar-refractivity contribution in [3.63, 3.8) is 0 Å². The van der Waals surface area contributed by atoms with E-state index in [9.17, 15) is 4.79 Å². The van der Waals surface area contributed by atoms with E-state index in [1.54, 1.807) is 33.5 Å². The van der Waals surface area contributed by atoms with E-state index in [1.807, 2.05) is 24.3 Å². The predicted molar refractivity (Wildman–Crippen MR) is 76.9 cm³/mol. The fraction of sp³-hybridized carbons (Fsp3) is 0.188. The highest BCUT2D eigenvalue weighted by Gasteiger charge is 2.16. The van der Waals surface area contributed by atoms with Crippen LogP contribution in [0.1, 0.15) is 10.4 Å². The van der Waals surface area contributed by atoms with Crippen LogP contribution in [0.15, 0.2) is 36.4 Å². The fourth-order valence-corrected chi connectivity index (χ4v) is 2.07. The van der Waals surface area contributed by atoms with Crippen LogP contribution in [0.2, 0.25) is 0 Å². The summed E-state index contributed by atoms with van der Waals surface area (Å²) < 4.78 is 16.1.